The van der Waals surface area contributed by atoms with Gasteiger partial charge in [0, 0.05) is 18.2 Å². The van der Waals surface area contributed by atoms with Crippen molar-refractivity contribution in [3.63, 3.8) is 0 Å². The van der Waals surface area contributed by atoms with Crippen LogP contribution in [0.2, 0.25) is 6.82 Å². The van der Waals surface area contributed by atoms with E-state index >= 15 is 0 Å². The van der Waals surface area contributed by atoms with E-state index < -0.39 is 0 Å². The van der Waals surface area contributed by atoms with Crippen molar-refractivity contribution in [2.45, 2.75) is 39.2 Å². The van der Waals surface area contributed by atoms with E-state index in [0.717, 1.165) is 28.8 Å². The molecule has 3 aromatic carbocycles. The number of methoxy groups -OCH3 is 1. The van der Waals surface area contributed by atoms with Gasteiger partial charge in [-0.15, -0.1) is 0 Å². The highest BCUT2D eigenvalue weighted by molar-refractivity contribution is 6.51. The molecular formula is C26H29BNO3. The Balaban J connectivity index is 1.71. The van der Waals surface area contributed by atoms with Crippen molar-refractivity contribution in [2.75, 3.05) is 7.11 Å². The second-order valence-corrected chi connectivity index (χ2v) is 7.63. The Bertz CT molecular complexity index is 991. The molecule has 0 unspecified atom stereocenters. The summed E-state index contributed by atoms with van der Waals surface area (Å²) in [7, 11) is 3.48. The van der Waals surface area contributed by atoms with Crippen LogP contribution in [0.3, 0.4) is 0 Å². The predicted molar refractivity (Wildman–Crippen MR) is 126 cm³/mol. The van der Waals surface area contributed by atoms with Crippen molar-refractivity contribution >= 4 is 18.7 Å². The Morgan fingerprint density at radius 2 is 1.77 bits per heavy atom. The second-order valence-electron chi connectivity index (χ2n) is 7.63. The summed E-state index contributed by atoms with van der Waals surface area (Å²) in [6, 6.07) is 24.6. The monoisotopic (exact) mass is 414 g/mol. The van der Waals surface area contributed by atoms with E-state index in [9.17, 15) is 4.79 Å². The van der Waals surface area contributed by atoms with Crippen LogP contribution in [0.1, 0.15) is 23.6 Å². The highest BCUT2D eigenvalue weighted by Gasteiger charge is 2.10. The molecule has 3 aromatic rings. The van der Waals surface area contributed by atoms with Crippen molar-refractivity contribution in [2.24, 2.45) is 0 Å². The molecular weight excluding hydrogens is 385 g/mol. The minimum Gasteiger partial charge on any atom is -0.469 e. The molecule has 0 bridgehead atoms. The van der Waals surface area contributed by atoms with Crippen LogP contribution in [0.4, 0.5) is 0 Å². The fraction of sp³-hybridized carbons (Fsp3) is 0.269. The van der Waals surface area contributed by atoms with Crippen molar-refractivity contribution in [1.82, 2.24) is 5.32 Å². The van der Waals surface area contributed by atoms with E-state index in [2.05, 4.69) is 49.9 Å². The number of esters is 1. The number of carbonyl (C=O) groups is 1. The molecule has 0 aliphatic heterocycles. The largest absolute Gasteiger partial charge is 0.469 e. The molecule has 0 amide bonds. The molecule has 3 rings (SSSR count). The maximum absolute atomic E-state index is 11.6. The van der Waals surface area contributed by atoms with Crippen LogP contribution in [0.15, 0.2) is 72.8 Å². The van der Waals surface area contributed by atoms with E-state index in [0.29, 0.717) is 18.3 Å². The number of nitrogens with one attached hydrogen (secondary N) is 1. The predicted octanol–water partition coefficient (Wildman–Crippen LogP) is 4.29. The number of rotatable bonds is 10. The fourth-order valence-electron chi connectivity index (χ4n) is 3.43. The summed E-state index contributed by atoms with van der Waals surface area (Å²) < 4.78 is 11.0. The summed E-state index contributed by atoms with van der Waals surface area (Å²) >= 11 is 0. The minimum atomic E-state index is -0.266. The molecule has 4 nitrogen and oxygen atoms in total. The lowest BCUT2D eigenvalue weighted by molar-refractivity contribution is -0.139. The summed E-state index contributed by atoms with van der Waals surface area (Å²) in [6.07, 6.45) is 1.19. The molecule has 0 aliphatic rings. The third-order valence-corrected chi connectivity index (χ3v) is 5.15. The molecule has 0 spiro atoms. The van der Waals surface area contributed by atoms with Gasteiger partial charge in [-0.05, 0) is 42.7 Å². The molecule has 0 fully saturated rings. The van der Waals surface area contributed by atoms with Crippen LogP contribution < -0.4 is 15.5 Å². The number of benzene rings is 3. The molecule has 0 aromatic heterocycles. The van der Waals surface area contributed by atoms with Gasteiger partial charge in [0.1, 0.15) is 18.8 Å². The molecule has 0 aliphatic carbocycles. The van der Waals surface area contributed by atoms with Crippen LogP contribution in [0, 0.1) is 0 Å². The van der Waals surface area contributed by atoms with Crippen LogP contribution in [-0.2, 0) is 28.9 Å². The molecule has 31 heavy (non-hydrogen) atoms. The lowest BCUT2D eigenvalue weighted by Gasteiger charge is -2.17. The maximum atomic E-state index is 11.6. The van der Waals surface area contributed by atoms with E-state index in [1.54, 1.807) is 0 Å². The zero-order chi connectivity index (χ0) is 22.1. The summed E-state index contributed by atoms with van der Waals surface area (Å²) in [4.78, 5) is 11.6. The first kappa shape index (κ1) is 22.6. The van der Waals surface area contributed by atoms with Crippen molar-refractivity contribution in [3.05, 3.63) is 89.5 Å². The Hall–Kier alpha value is -3.05. The maximum Gasteiger partial charge on any atom is 0.309 e. The fourth-order valence-corrected chi connectivity index (χ4v) is 3.43. The third-order valence-electron chi connectivity index (χ3n) is 5.15. The van der Waals surface area contributed by atoms with Crippen LogP contribution in [-0.4, -0.2) is 26.4 Å². The first-order valence-electron chi connectivity index (χ1n) is 10.6. The number of hydrogen-bond acceptors (Lipinski definition) is 4. The lowest BCUT2D eigenvalue weighted by atomic mass is 9.73. The van der Waals surface area contributed by atoms with Gasteiger partial charge < -0.3 is 14.8 Å². The number of ether oxygens (including phenoxy) is 2. The van der Waals surface area contributed by atoms with Gasteiger partial charge >= 0.3 is 5.97 Å². The molecule has 5 heteroatoms. The Kier molecular flexibility index (Phi) is 8.31. The summed E-state index contributed by atoms with van der Waals surface area (Å²) in [6.45, 7) is 4.92. The molecule has 1 N–H and O–H groups in total. The SMILES string of the molecule is C[B]c1ccc(Oc2cccc(CC(=O)OC)c2)c(CN[C@@H](C)Cc2ccccc2)c1. The van der Waals surface area contributed by atoms with Crippen LogP contribution in [0.5, 0.6) is 11.5 Å². The average molecular weight is 414 g/mol. The Morgan fingerprint density at radius 3 is 2.52 bits per heavy atom. The minimum absolute atomic E-state index is 0.225. The van der Waals surface area contributed by atoms with Crippen LogP contribution >= 0.6 is 0 Å². The van der Waals surface area contributed by atoms with Gasteiger partial charge in [0.05, 0.1) is 13.5 Å². The molecule has 0 saturated heterocycles. The number of carbonyl (C=O) groups excluding carboxylic acids is 1. The summed E-state index contributed by atoms with van der Waals surface area (Å²) in [5.41, 5.74) is 4.42. The van der Waals surface area contributed by atoms with Gasteiger partial charge in [-0.1, -0.05) is 66.9 Å². The van der Waals surface area contributed by atoms with Crippen molar-refractivity contribution < 1.29 is 14.3 Å². The normalized spacial score (nSPS) is 11.6. The van der Waals surface area contributed by atoms with E-state index in [4.69, 9.17) is 9.47 Å². The van der Waals surface area contributed by atoms with E-state index in [1.165, 1.54) is 12.7 Å². The zero-order valence-corrected chi connectivity index (χ0v) is 18.4. The molecule has 0 saturated carbocycles. The standard InChI is InChI=1S/C26H29BNO3/c1-19(14-20-8-5-4-6-9-20)28-18-22-17-23(27-2)12-13-25(22)31-24-11-7-10-21(15-24)16-26(29)30-3/h4-13,15,17,19,28H,14,16,18H2,1-3H3/t19-/m0/s1. The van der Waals surface area contributed by atoms with Crippen LogP contribution in [0.25, 0.3) is 0 Å². The molecule has 1 atom stereocenters. The first-order chi connectivity index (χ1) is 15.1. The highest BCUT2D eigenvalue weighted by atomic mass is 16.5. The van der Waals surface area contributed by atoms with Gasteiger partial charge in [-0.3, -0.25) is 4.79 Å². The lowest BCUT2D eigenvalue weighted by Crippen LogP contribution is -2.28. The van der Waals surface area contributed by atoms with Crippen molar-refractivity contribution in [1.29, 1.82) is 0 Å². The molecule has 1 radical (unpaired) electrons. The first-order valence-corrected chi connectivity index (χ1v) is 10.6. The van der Waals surface area contributed by atoms with Gasteiger partial charge in [0.2, 0.25) is 0 Å². The van der Waals surface area contributed by atoms with Gasteiger partial charge in [0.25, 0.3) is 0 Å². The highest BCUT2D eigenvalue weighted by Crippen LogP contribution is 2.26. The smallest absolute Gasteiger partial charge is 0.309 e. The topological polar surface area (TPSA) is 47.6 Å². The van der Waals surface area contributed by atoms with Gasteiger partial charge in [0.15, 0.2) is 0 Å². The molecule has 0 heterocycles. The molecule has 159 valence electrons. The van der Waals surface area contributed by atoms with Crippen molar-refractivity contribution in [3.8, 4) is 11.5 Å². The second kappa shape index (κ2) is 11.4. The third kappa shape index (κ3) is 7.00. The Morgan fingerprint density at radius 1 is 1.00 bits per heavy atom. The van der Waals surface area contributed by atoms with E-state index in [-0.39, 0.29) is 12.4 Å². The van der Waals surface area contributed by atoms with Gasteiger partial charge in [-0.2, -0.15) is 0 Å². The van der Waals surface area contributed by atoms with Gasteiger partial charge in [-0.25, -0.2) is 0 Å². The van der Waals surface area contributed by atoms with E-state index in [1.807, 2.05) is 49.3 Å². The summed E-state index contributed by atoms with van der Waals surface area (Å²) in [5.74, 6) is 1.24. The number of hydrogen-bond donors (Lipinski definition) is 1. The summed E-state index contributed by atoms with van der Waals surface area (Å²) in [5, 5.41) is 3.61. The zero-order valence-electron chi connectivity index (χ0n) is 18.4. The quantitative estimate of drug-likeness (QED) is 0.397. The Labute approximate surface area is 185 Å². The average Bonchev–Trinajstić information content (AvgIpc) is 2.79.